The Labute approximate surface area is 96.4 Å². The molecule has 1 aromatic rings. The van der Waals surface area contributed by atoms with Crippen molar-refractivity contribution in [1.29, 1.82) is 0 Å². The van der Waals surface area contributed by atoms with Crippen LogP contribution in [0.3, 0.4) is 0 Å². The second-order valence-electron chi connectivity index (χ2n) is 5.10. The van der Waals surface area contributed by atoms with Crippen LogP contribution in [0.4, 0.5) is 0 Å². The second kappa shape index (κ2) is 4.53. The van der Waals surface area contributed by atoms with Crippen LogP contribution in [0.25, 0.3) is 0 Å². The van der Waals surface area contributed by atoms with Crippen molar-refractivity contribution < 1.29 is 0 Å². The largest absolute Gasteiger partial charge is 0.313 e. The van der Waals surface area contributed by atoms with Gasteiger partial charge in [0.05, 0.1) is 6.54 Å². The molecule has 0 saturated heterocycles. The minimum absolute atomic E-state index is 0.693. The molecule has 1 heterocycles. The normalized spacial score (nSPS) is 22.5. The first kappa shape index (κ1) is 10.3. The molecule has 0 atom stereocenters. The van der Waals surface area contributed by atoms with Crippen LogP contribution in [0.15, 0.2) is 6.33 Å². The molecule has 2 fully saturated rings. The Morgan fingerprint density at radius 3 is 2.75 bits per heavy atom. The lowest BCUT2D eigenvalue weighted by Gasteiger charge is -2.22. The van der Waals surface area contributed by atoms with Gasteiger partial charge in [-0.2, -0.15) is 0 Å². The summed E-state index contributed by atoms with van der Waals surface area (Å²) >= 11 is 0. The monoisotopic (exact) mass is 220 g/mol. The van der Waals surface area contributed by atoms with E-state index in [4.69, 9.17) is 0 Å². The number of nitrogens with one attached hydrogen (secondary N) is 1. The van der Waals surface area contributed by atoms with Crippen molar-refractivity contribution in [3.05, 3.63) is 12.2 Å². The van der Waals surface area contributed by atoms with Gasteiger partial charge in [0.25, 0.3) is 0 Å². The third kappa shape index (κ3) is 2.26. The maximum Gasteiger partial charge on any atom is 0.147 e. The van der Waals surface area contributed by atoms with Crippen LogP contribution in [0.2, 0.25) is 0 Å². The molecule has 0 radical (unpaired) electrons. The highest BCUT2D eigenvalue weighted by Gasteiger charge is 2.26. The summed E-state index contributed by atoms with van der Waals surface area (Å²) in [7, 11) is 0. The molecule has 0 spiro atoms. The second-order valence-corrected chi connectivity index (χ2v) is 5.10. The minimum Gasteiger partial charge on any atom is -0.313 e. The van der Waals surface area contributed by atoms with Crippen molar-refractivity contribution in [2.24, 2.45) is 0 Å². The van der Waals surface area contributed by atoms with Crippen LogP contribution in [0.1, 0.15) is 56.8 Å². The quantitative estimate of drug-likeness (QED) is 0.844. The lowest BCUT2D eigenvalue weighted by Crippen LogP contribution is -2.31. The molecule has 0 aromatic carbocycles. The van der Waals surface area contributed by atoms with E-state index in [1.54, 1.807) is 0 Å². The summed E-state index contributed by atoms with van der Waals surface area (Å²) in [6, 6.07) is 1.40. The topological polar surface area (TPSA) is 42.7 Å². The van der Waals surface area contributed by atoms with Gasteiger partial charge in [-0.15, -0.1) is 10.2 Å². The van der Waals surface area contributed by atoms with E-state index in [-0.39, 0.29) is 0 Å². The molecule has 88 valence electrons. The number of rotatable bonds is 4. The fourth-order valence-corrected chi connectivity index (χ4v) is 2.59. The van der Waals surface area contributed by atoms with Crippen LogP contribution >= 0.6 is 0 Å². The molecular weight excluding hydrogens is 200 g/mol. The molecule has 2 aliphatic rings. The van der Waals surface area contributed by atoms with E-state index in [2.05, 4.69) is 20.1 Å². The van der Waals surface area contributed by atoms with Crippen LogP contribution in [-0.2, 0) is 6.54 Å². The van der Waals surface area contributed by atoms with Gasteiger partial charge in [0.1, 0.15) is 12.2 Å². The van der Waals surface area contributed by atoms with Gasteiger partial charge >= 0.3 is 0 Å². The van der Waals surface area contributed by atoms with Crippen LogP contribution in [0.5, 0.6) is 0 Å². The summed E-state index contributed by atoms with van der Waals surface area (Å²) in [5, 5.41) is 11.9. The Balaban J connectivity index is 1.54. The predicted octanol–water partition coefficient (Wildman–Crippen LogP) is 2.04. The van der Waals surface area contributed by atoms with Gasteiger partial charge in [-0.1, -0.05) is 19.3 Å². The molecule has 16 heavy (non-hydrogen) atoms. The van der Waals surface area contributed by atoms with Crippen LogP contribution in [0, 0.1) is 0 Å². The van der Waals surface area contributed by atoms with Gasteiger partial charge in [-0.05, 0) is 25.7 Å². The highest BCUT2D eigenvalue weighted by atomic mass is 15.3. The molecule has 1 aromatic heterocycles. The number of aromatic nitrogens is 3. The van der Waals surface area contributed by atoms with E-state index in [9.17, 15) is 0 Å². The maximum atomic E-state index is 4.21. The van der Waals surface area contributed by atoms with Crippen molar-refractivity contribution in [2.45, 2.75) is 63.6 Å². The molecule has 2 saturated carbocycles. The molecule has 0 bridgehead atoms. The van der Waals surface area contributed by atoms with Crippen LogP contribution < -0.4 is 5.32 Å². The first-order valence-electron chi connectivity index (χ1n) is 6.55. The highest BCUT2D eigenvalue weighted by molar-refractivity contribution is 4.94. The summed E-state index contributed by atoms with van der Waals surface area (Å²) in [6.45, 7) is 0.890. The van der Waals surface area contributed by atoms with Crippen LogP contribution in [-0.4, -0.2) is 20.8 Å². The van der Waals surface area contributed by atoms with E-state index in [0.29, 0.717) is 12.1 Å². The molecule has 0 unspecified atom stereocenters. The third-order valence-electron chi connectivity index (χ3n) is 3.74. The Bertz CT molecular complexity index is 337. The fourth-order valence-electron chi connectivity index (χ4n) is 2.59. The van der Waals surface area contributed by atoms with Crippen molar-refractivity contribution in [3.8, 4) is 0 Å². The first-order chi connectivity index (χ1) is 7.93. The Kier molecular flexibility index (Phi) is 2.91. The first-order valence-corrected chi connectivity index (χ1v) is 6.55. The number of hydrogen-bond donors (Lipinski definition) is 1. The Morgan fingerprint density at radius 2 is 2.00 bits per heavy atom. The lowest BCUT2D eigenvalue weighted by molar-refractivity contribution is 0.366. The van der Waals surface area contributed by atoms with Gasteiger partial charge in [0.2, 0.25) is 0 Å². The lowest BCUT2D eigenvalue weighted by atomic mass is 9.95. The maximum absolute atomic E-state index is 4.21. The zero-order chi connectivity index (χ0) is 10.8. The molecule has 4 nitrogen and oxygen atoms in total. The average molecular weight is 220 g/mol. The Hall–Kier alpha value is -0.900. The molecule has 0 amide bonds. The summed E-state index contributed by atoms with van der Waals surface area (Å²) in [6.07, 6.45) is 11.3. The fraction of sp³-hybridized carbons (Fsp3) is 0.833. The van der Waals surface area contributed by atoms with E-state index < -0.39 is 0 Å². The third-order valence-corrected chi connectivity index (χ3v) is 3.74. The van der Waals surface area contributed by atoms with E-state index in [0.717, 1.165) is 12.4 Å². The van der Waals surface area contributed by atoms with Crippen molar-refractivity contribution >= 4 is 0 Å². The smallest absolute Gasteiger partial charge is 0.147 e. The van der Waals surface area contributed by atoms with Gasteiger partial charge in [0.15, 0.2) is 0 Å². The van der Waals surface area contributed by atoms with Gasteiger partial charge < -0.3 is 9.88 Å². The average Bonchev–Trinajstić information content (AvgIpc) is 3.07. The molecular formula is C12H20N4. The number of nitrogens with zero attached hydrogens (tertiary/aromatic N) is 3. The minimum atomic E-state index is 0.693. The zero-order valence-electron chi connectivity index (χ0n) is 9.73. The van der Waals surface area contributed by atoms with Gasteiger partial charge in [0, 0.05) is 12.1 Å². The standard InChI is InChI=1S/C12H20N4/c1-2-4-10(5-3-1)13-8-12-15-14-9-16(12)11-6-7-11/h9-11,13H,1-8H2. The molecule has 3 rings (SSSR count). The van der Waals surface area contributed by atoms with Gasteiger partial charge in [-0.3, -0.25) is 0 Å². The molecule has 0 aliphatic heterocycles. The SMILES string of the molecule is c1nnc(CNC2CCCCC2)n1C1CC1. The zero-order valence-corrected chi connectivity index (χ0v) is 9.73. The molecule has 2 aliphatic carbocycles. The van der Waals surface area contributed by atoms with Crippen molar-refractivity contribution in [1.82, 2.24) is 20.1 Å². The Morgan fingerprint density at radius 1 is 1.19 bits per heavy atom. The predicted molar refractivity (Wildman–Crippen MR) is 62.0 cm³/mol. The highest BCUT2D eigenvalue weighted by Crippen LogP contribution is 2.35. The van der Waals surface area contributed by atoms with Crippen molar-refractivity contribution in [3.63, 3.8) is 0 Å². The summed E-state index contributed by atoms with van der Waals surface area (Å²) in [5.74, 6) is 1.12. The molecule has 1 N–H and O–H groups in total. The molecule has 4 heteroatoms. The van der Waals surface area contributed by atoms with E-state index in [1.165, 1.54) is 44.9 Å². The summed E-state index contributed by atoms with van der Waals surface area (Å²) in [4.78, 5) is 0. The van der Waals surface area contributed by atoms with Gasteiger partial charge in [-0.25, -0.2) is 0 Å². The number of hydrogen-bond acceptors (Lipinski definition) is 3. The summed E-state index contributed by atoms with van der Waals surface area (Å²) in [5.41, 5.74) is 0. The summed E-state index contributed by atoms with van der Waals surface area (Å²) < 4.78 is 2.25. The van der Waals surface area contributed by atoms with E-state index in [1.807, 2.05) is 6.33 Å². The van der Waals surface area contributed by atoms with E-state index >= 15 is 0 Å². The van der Waals surface area contributed by atoms with Crippen molar-refractivity contribution in [2.75, 3.05) is 0 Å².